The molecule has 0 spiro atoms. The summed E-state index contributed by atoms with van der Waals surface area (Å²) in [6, 6.07) is 17.2. The van der Waals surface area contributed by atoms with Crippen LogP contribution < -0.4 is 0 Å². The maximum atomic E-state index is 3.53. The number of halogens is 2. The molecule has 3 aromatic rings. The molecule has 0 atom stereocenters. The van der Waals surface area contributed by atoms with Crippen LogP contribution in [0, 0.1) is 12.1 Å². The third-order valence-electron chi connectivity index (χ3n) is 7.51. The Labute approximate surface area is 274 Å². The first-order chi connectivity index (χ1) is 18.0. The molecule has 0 amide bonds. The summed E-state index contributed by atoms with van der Waals surface area (Å²) < 4.78 is 1.80. The quantitative estimate of drug-likeness (QED) is 0.177. The van der Waals surface area contributed by atoms with E-state index in [1.165, 1.54) is 76.6 Å². The number of allylic oxidation sites excluding steroid dienone is 4. The Morgan fingerprint density at radius 3 is 2.02 bits per heavy atom. The monoisotopic (exact) mass is 668 g/mol. The third-order valence-corrected chi connectivity index (χ3v) is 9.42. The van der Waals surface area contributed by atoms with Gasteiger partial charge in [-0.2, -0.15) is 58.4 Å². The number of benzene rings is 2. The predicted octanol–water partition coefficient (Wildman–Crippen LogP) is 11.1. The Kier molecular flexibility index (Phi) is 13.6. The van der Waals surface area contributed by atoms with Crippen LogP contribution in [0.15, 0.2) is 59.3 Å². The van der Waals surface area contributed by atoms with Crippen molar-refractivity contribution in [1.82, 2.24) is 0 Å². The van der Waals surface area contributed by atoms with Crippen LogP contribution in [-0.2, 0) is 41.5 Å². The Balaban J connectivity index is 0.000000245. The normalized spacial score (nSPS) is 15.3. The molecule has 0 radical (unpaired) electrons. The van der Waals surface area contributed by atoms with Crippen molar-refractivity contribution in [2.75, 3.05) is 0 Å². The molecule has 0 N–H and O–H groups in total. The minimum atomic E-state index is 0. The molecule has 1 saturated carbocycles. The van der Waals surface area contributed by atoms with Crippen molar-refractivity contribution in [3.8, 4) is 11.1 Å². The summed E-state index contributed by atoms with van der Waals surface area (Å²) in [5.74, 6) is 0. The van der Waals surface area contributed by atoms with E-state index >= 15 is 0 Å². The zero-order valence-electron chi connectivity index (χ0n) is 24.9. The zero-order chi connectivity index (χ0) is 27.3. The van der Waals surface area contributed by atoms with Crippen LogP contribution in [0.4, 0.5) is 0 Å². The van der Waals surface area contributed by atoms with Gasteiger partial charge in [0, 0.05) is 0 Å². The Bertz CT molecular complexity index is 1250. The van der Waals surface area contributed by atoms with E-state index in [0.717, 1.165) is 12.8 Å². The van der Waals surface area contributed by atoms with E-state index in [-0.39, 0.29) is 35.6 Å². The van der Waals surface area contributed by atoms with Gasteiger partial charge in [-0.15, -0.1) is 42.0 Å². The fourth-order valence-electron chi connectivity index (χ4n) is 4.98. The van der Waals surface area contributed by atoms with Gasteiger partial charge in [0.15, 0.2) is 0 Å². The predicted molar refractivity (Wildman–Crippen MR) is 178 cm³/mol. The Morgan fingerprint density at radius 1 is 0.825 bits per heavy atom. The fourth-order valence-corrected chi connectivity index (χ4v) is 6.51. The van der Waals surface area contributed by atoms with Crippen LogP contribution in [0.2, 0.25) is 0 Å². The van der Waals surface area contributed by atoms with Gasteiger partial charge in [0.05, 0.1) is 0 Å². The first-order valence-corrected chi connectivity index (χ1v) is 16.2. The third kappa shape index (κ3) is 9.49. The molecule has 1 heterocycles. The van der Waals surface area contributed by atoms with Crippen LogP contribution in [0.1, 0.15) is 108 Å². The molecule has 0 bridgehead atoms. The van der Waals surface area contributed by atoms with Crippen molar-refractivity contribution in [2.45, 2.75) is 97.3 Å². The summed E-state index contributed by atoms with van der Waals surface area (Å²) in [5.41, 5.74) is 11.3. The molecule has 1 aromatic heterocycles. The first kappa shape index (κ1) is 35.2. The summed E-state index contributed by atoms with van der Waals surface area (Å²) in [6.07, 6.45) is 16.8. The number of fused-ring (bicyclic) bond motifs is 3. The van der Waals surface area contributed by atoms with E-state index in [4.69, 9.17) is 0 Å². The van der Waals surface area contributed by atoms with Gasteiger partial charge in [0.2, 0.25) is 0 Å². The van der Waals surface area contributed by atoms with Crippen molar-refractivity contribution >= 4 is 44.9 Å². The van der Waals surface area contributed by atoms with Crippen molar-refractivity contribution in [1.29, 1.82) is 0 Å². The molecule has 0 unspecified atom stereocenters. The van der Waals surface area contributed by atoms with Crippen molar-refractivity contribution in [3.05, 3.63) is 99.3 Å². The molecule has 40 heavy (non-hydrogen) atoms. The Hall–Kier alpha value is -1.05. The molecule has 0 aliphatic heterocycles. The van der Waals surface area contributed by atoms with E-state index in [9.17, 15) is 0 Å². The summed E-state index contributed by atoms with van der Waals surface area (Å²) in [5, 5.41) is 4.24. The topological polar surface area (TPSA) is 0 Å². The van der Waals surface area contributed by atoms with Gasteiger partial charge in [0.1, 0.15) is 0 Å². The Morgan fingerprint density at radius 2 is 1.50 bits per heavy atom. The SMILES string of the molecule is CC(C)(C)c1c[c-]c2c(c1)-c1cc(C(C)(C)C)ccc1C2.Cl.Cl.[C-]1=C(c2ccsc2)C=CC1.[Zr+2]=[C]1CCCCC1. The molecule has 4 heteroatoms. The van der Waals surface area contributed by atoms with Gasteiger partial charge < -0.3 is 0 Å². The second-order valence-electron chi connectivity index (χ2n) is 12.7. The average Bonchev–Trinajstić information content (AvgIpc) is 3.64. The first-order valence-electron chi connectivity index (χ1n) is 14.1. The van der Waals surface area contributed by atoms with Crippen LogP contribution >= 0.6 is 36.2 Å². The molecule has 212 valence electrons. The standard InChI is InChI=1S/C21H25.C9H7S.C6H10.2ClH.Zr/c1-20(2,3)16-9-7-14-11-15-8-10-17(21(4,5)6)13-19(15)18(14)12-16;1-2-4-8(3-1)9-5-6-10-7-9;1-2-4-6-5-3-1;;;/h7,9-10,12-13H,11H2,1-6H3;1,3,5-7H,2H2;1-5H2;2*1H;/q2*-1;;;;+2. The van der Waals surface area contributed by atoms with E-state index in [1.807, 2.05) is 0 Å². The number of thiophene rings is 1. The van der Waals surface area contributed by atoms with Gasteiger partial charge in [-0.1, -0.05) is 94.2 Å². The minimum absolute atomic E-state index is 0. The maximum absolute atomic E-state index is 3.53. The summed E-state index contributed by atoms with van der Waals surface area (Å²) in [6.45, 7) is 13.6. The van der Waals surface area contributed by atoms with Crippen molar-refractivity contribution in [2.24, 2.45) is 0 Å². The molecule has 0 nitrogen and oxygen atoms in total. The van der Waals surface area contributed by atoms with Crippen molar-refractivity contribution < 1.29 is 24.2 Å². The van der Waals surface area contributed by atoms with Gasteiger partial charge in [0.25, 0.3) is 0 Å². The second-order valence-corrected chi connectivity index (χ2v) is 15.2. The molecule has 1 fully saturated rings. The molecule has 2 aromatic carbocycles. The zero-order valence-corrected chi connectivity index (χ0v) is 29.9. The van der Waals surface area contributed by atoms with E-state index < -0.39 is 0 Å². The summed E-state index contributed by atoms with van der Waals surface area (Å²) >= 11 is 3.42. The number of hydrogen-bond acceptors (Lipinski definition) is 1. The number of hydrogen-bond donors (Lipinski definition) is 0. The van der Waals surface area contributed by atoms with Crippen LogP contribution in [0.3, 0.4) is 0 Å². The molecule has 0 saturated heterocycles. The van der Waals surface area contributed by atoms with Crippen LogP contribution in [0.25, 0.3) is 16.7 Å². The molecule has 3 aliphatic carbocycles. The van der Waals surface area contributed by atoms with Crippen LogP contribution in [0.5, 0.6) is 0 Å². The van der Waals surface area contributed by atoms with Gasteiger partial charge in [-0.05, 0) is 22.8 Å². The van der Waals surface area contributed by atoms with Gasteiger partial charge in [-0.3, -0.25) is 0 Å². The van der Waals surface area contributed by atoms with Gasteiger partial charge >= 0.3 is 59.5 Å². The fraction of sp³-hybridized carbons (Fsp3) is 0.417. The molecule has 3 aliphatic rings. The number of rotatable bonds is 1. The second kappa shape index (κ2) is 15.4. The molecular formula is C36H44Cl2SZr. The molecule has 6 rings (SSSR count). The van der Waals surface area contributed by atoms with Gasteiger partial charge in [-0.25, -0.2) is 0 Å². The summed E-state index contributed by atoms with van der Waals surface area (Å²) in [7, 11) is 0. The summed E-state index contributed by atoms with van der Waals surface area (Å²) in [4.78, 5) is 0. The van der Waals surface area contributed by atoms with Crippen LogP contribution in [-0.4, -0.2) is 3.21 Å². The van der Waals surface area contributed by atoms with E-state index in [1.54, 1.807) is 38.8 Å². The average molecular weight is 671 g/mol. The van der Waals surface area contributed by atoms with Crippen molar-refractivity contribution in [3.63, 3.8) is 0 Å². The van der Waals surface area contributed by atoms with E-state index in [2.05, 4.69) is 113 Å². The van der Waals surface area contributed by atoms with E-state index in [0.29, 0.717) is 0 Å². The molecular weight excluding hydrogens is 627 g/mol.